The predicted molar refractivity (Wildman–Crippen MR) is 46.3 cm³/mol. The Bertz CT molecular complexity index is 191. The molecule has 1 aliphatic rings. The molecule has 0 saturated heterocycles. The number of rotatable bonds is 1. The molecule has 0 aromatic rings. The molecule has 7 nitrogen and oxygen atoms in total. The van der Waals surface area contributed by atoms with Gasteiger partial charge in [-0.15, -0.1) is 0 Å². The van der Waals surface area contributed by atoms with E-state index in [0.29, 0.717) is 0 Å². The molecule has 1 aliphatic carbocycles. The highest BCUT2D eigenvalue weighted by Gasteiger charge is 2.49. The summed E-state index contributed by atoms with van der Waals surface area (Å²) in [5.41, 5.74) is 3.57. The van der Waals surface area contributed by atoms with Crippen molar-refractivity contribution < 1.29 is 31.0 Å². The van der Waals surface area contributed by atoms with E-state index in [1.165, 1.54) is 0 Å². The van der Waals surface area contributed by atoms with Crippen LogP contribution >= 0.6 is 0 Å². The molecule has 0 heterocycles. The maximum absolute atomic E-state index is 9.56. The first kappa shape index (κ1) is 13.7. The molecule has 1 fully saturated rings. The molecule has 7 heteroatoms. The van der Waals surface area contributed by atoms with Crippen LogP contribution in [0.15, 0.2) is 0 Å². The molecule has 86 valence electrons. The number of hydrogen-bond donors (Lipinski definition) is 6. The first-order valence-electron chi connectivity index (χ1n) is 4.05. The maximum atomic E-state index is 9.56. The van der Waals surface area contributed by atoms with Crippen LogP contribution in [0.3, 0.4) is 0 Å². The van der Waals surface area contributed by atoms with Crippen LogP contribution in [0.5, 0.6) is 0 Å². The summed E-state index contributed by atoms with van der Waals surface area (Å²) < 4.78 is 0. The summed E-state index contributed by atoms with van der Waals surface area (Å²) in [7, 11) is 0. The van der Waals surface area contributed by atoms with E-state index in [0.717, 1.165) is 0 Å². The van der Waals surface area contributed by atoms with E-state index in [1.807, 2.05) is 0 Å². The Morgan fingerprint density at radius 2 is 1.71 bits per heavy atom. The van der Waals surface area contributed by atoms with E-state index in [-0.39, 0.29) is 11.9 Å². The lowest BCUT2D eigenvalue weighted by molar-refractivity contribution is -0.203. The van der Waals surface area contributed by atoms with Crippen molar-refractivity contribution in [1.29, 1.82) is 0 Å². The van der Waals surface area contributed by atoms with E-state index in [2.05, 4.69) is 0 Å². The van der Waals surface area contributed by atoms with Crippen LogP contribution in [-0.2, 0) is 0 Å². The molecule has 0 bridgehead atoms. The first-order valence-corrected chi connectivity index (χ1v) is 4.05. The fourth-order valence-corrected chi connectivity index (χ4v) is 1.57. The molecule has 0 amide bonds. The molecule has 5 atom stereocenters. The van der Waals surface area contributed by atoms with Crippen molar-refractivity contribution in [1.82, 2.24) is 0 Å². The normalized spacial score (nSPS) is 48.4. The third kappa shape index (κ3) is 2.04. The maximum Gasteiger partial charge on any atom is 0.118 e. The van der Waals surface area contributed by atoms with Crippen molar-refractivity contribution >= 4 is 0 Å². The number of hydrogen-bond acceptors (Lipinski definition) is 6. The van der Waals surface area contributed by atoms with Gasteiger partial charge in [0.2, 0.25) is 0 Å². The smallest absolute Gasteiger partial charge is 0.118 e. The van der Waals surface area contributed by atoms with Gasteiger partial charge in [-0.1, -0.05) is 0 Å². The van der Waals surface area contributed by atoms with Crippen molar-refractivity contribution in [3.05, 3.63) is 0 Å². The largest absolute Gasteiger partial charge is 0.412 e. The quantitative estimate of drug-likeness (QED) is 0.257. The average Bonchev–Trinajstić information content (AvgIpc) is 2.12. The van der Waals surface area contributed by atoms with Gasteiger partial charge in [0.05, 0.1) is 12.7 Å². The highest BCUT2D eigenvalue weighted by molar-refractivity contribution is 5.03. The molecule has 1 saturated carbocycles. The standard InChI is InChI=1S/C7H15NO5.H2O/c8-3-1-7(13,2-9)6(12)5(11)4(3)10;/h3-6,9-13H,1-2,8H2;1H2/t3-,4-,5?,6-,7-;/m0./s1. The van der Waals surface area contributed by atoms with E-state index >= 15 is 0 Å². The summed E-state index contributed by atoms with van der Waals surface area (Å²) in [4.78, 5) is 0. The summed E-state index contributed by atoms with van der Waals surface area (Å²) >= 11 is 0. The summed E-state index contributed by atoms with van der Waals surface area (Å²) in [6.45, 7) is -0.703. The minimum absolute atomic E-state index is 0. The van der Waals surface area contributed by atoms with Gasteiger partial charge in [-0.05, 0) is 6.42 Å². The van der Waals surface area contributed by atoms with E-state index in [9.17, 15) is 20.4 Å². The van der Waals surface area contributed by atoms with Gasteiger partial charge in [0.1, 0.15) is 17.8 Å². The van der Waals surface area contributed by atoms with Crippen molar-refractivity contribution in [2.75, 3.05) is 6.61 Å². The topological polar surface area (TPSA) is 159 Å². The lowest BCUT2D eigenvalue weighted by Gasteiger charge is -2.43. The summed E-state index contributed by atoms with van der Waals surface area (Å²) in [5, 5.41) is 46.1. The predicted octanol–water partition coefficient (Wildman–Crippen LogP) is -4.30. The molecular weight excluding hydrogens is 194 g/mol. The second-order valence-electron chi connectivity index (χ2n) is 3.56. The van der Waals surface area contributed by atoms with Gasteiger partial charge in [-0.2, -0.15) is 0 Å². The minimum Gasteiger partial charge on any atom is -0.412 e. The Kier molecular flexibility index (Phi) is 4.40. The zero-order chi connectivity index (χ0) is 10.2. The molecular formula is C7H17NO6. The zero-order valence-corrected chi connectivity index (χ0v) is 7.54. The summed E-state index contributed by atoms with van der Waals surface area (Å²) in [6, 6.07) is -0.851. The molecule has 9 N–H and O–H groups in total. The van der Waals surface area contributed by atoms with Crippen molar-refractivity contribution in [2.45, 2.75) is 36.4 Å². The van der Waals surface area contributed by atoms with Gasteiger partial charge in [0.15, 0.2) is 0 Å². The molecule has 1 rings (SSSR count). The third-order valence-electron chi connectivity index (χ3n) is 2.53. The Morgan fingerprint density at radius 1 is 1.21 bits per heavy atom. The SMILES string of the molecule is N[C@H]1C[C@](O)(CO)[C@@H](O)C(O)[C@H]1O.O. The number of aliphatic hydroxyl groups excluding tert-OH is 4. The van der Waals surface area contributed by atoms with Gasteiger partial charge in [-0.25, -0.2) is 0 Å². The highest BCUT2D eigenvalue weighted by atomic mass is 16.4. The summed E-state index contributed by atoms with van der Waals surface area (Å²) in [6.07, 6.45) is -4.53. The van der Waals surface area contributed by atoms with Crippen LogP contribution in [0.25, 0.3) is 0 Å². The fraction of sp³-hybridized carbons (Fsp3) is 1.00. The van der Waals surface area contributed by atoms with Crippen LogP contribution < -0.4 is 5.73 Å². The average molecular weight is 211 g/mol. The van der Waals surface area contributed by atoms with Gasteiger partial charge in [-0.3, -0.25) is 0 Å². The van der Waals surface area contributed by atoms with Gasteiger partial charge in [0, 0.05) is 6.04 Å². The van der Waals surface area contributed by atoms with Crippen molar-refractivity contribution in [2.24, 2.45) is 5.73 Å². The molecule has 0 aromatic carbocycles. The Balaban J connectivity index is 0.00000169. The molecule has 1 unspecified atom stereocenters. The highest BCUT2D eigenvalue weighted by Crippen LogP contribution is 2.28. The van der Waals surface area contributed by atoms with Crippen LogP contribution in [0.4, 0.5) is 0 Å². The zero-order valence-electron chi connectivity index (χ0n) is 7.54. The van der Waals surface area contributed by atoms with Crippen LogP contribution in [0, 0.1) is 0 Å². The van der Waals surface area contributed by atoms with Crippen LogP contribution in [-0.4, -0.2) is 67.6 Å². The van der Waals surface area contributed by atoms with Gasteiger partial charge in [0.25, 0.3) is 0 Å². The molecule has 0 aromatic heterocycles. The second kappa shape index (κ2) is 4.49. The number of nitrogens with two attached hydrogens (primary N) is 1. The second-order valence-corrected chi connectivity index (χ2v) is 3.56. The monoisotopic (exact) mass is 211 g/mol. The third-order valence-corrected chi connectivity index (χ3v) is 2.53. The lowest BCUT2D eigenvalue weighted by atomic mass is 9.77. The van der Waals surface area contributed by atoms with Crippen molar-refractivity contribution in [3.8, 4) is 0 Å². The van der Waals surface area contributed by atoms with E-state index < -0.39 is 36.6 Å². The Morgan fingerprint density at radius 3 is 2.14 bits per heavy atom. The number of aliphatic hydroxyl groups is 5. The summed E-state index contributed by atoms with van der Waals surface area (Å²) in [5.74, 6) is 0. The lowest BCUT2D eigenvalue weighted by Crippen LogP contribution is -2.66. The molecule has 0 spiro atoms. The molecule has 0 aliphatic heterocycles. The van der Waals surface area contributed by atoms with Crippen LogP contribution in [0.2, 0.25) is 0 Å². The Hall–Kier alpha value is -0.280. The fourth-order valence-electron chi connectivity index (χ4n) is 1.57. The van der Waals surface area contributed by atoms with Crippen LogP contribution in [0.1, 0.15) is 6.42 Å². The van der Waals surface area contributed by atoms with E-state index in [4.69, 9.17) is 10.8 Å². The molecule has 0 radical (unpaired) electrons. The first-order chi connectivity index (χ1) is 5.92. The minimum atomic E-state index is -1.82. The van der Waals surface area contributed by atoms with Gasteiger partial charge >= 0.3 is 0 Å². The van der Waals surface area contributed by atoms with Crippen molar-refractivity contribution in [3.63, 3.8) is 0 Å². The van der Waals surface area contributed by atoms with Gasteiger partial charge < -0.3 is 36.7 Å². The Labute approximate surface area is 80.7 Å². The van der Waals surface area contributed by atoms with E-state index in [1.54, 1.807) is 0 Å². The molecule has 14 heavy (non-hydrogen) atoms.